The lowest BCUT2D eigenvalue weighted by molar-refractivity contribution is -0.125. The van der Waals surface area contributed by atoms with Crippen LogP contribution >= 0.6 is 11.3 Å². The highest BCUT2D eigenvalue weighted by Crippen LogP contribution is 2.40. The first-order valence-electron chi connectivity index (χ1n) is 11.0. The standard InChI is InChI=1S/C23H22FN5O3S/c24-14-7-12(8-17-18(14)28-23(26)33-17)22-27-15-9-13(32-20(21(25)30)11-3-4-11)10-16-19(15)29(22)5-1-2-6-31-16/h7-11,20H,1-6H2,(H2,25,30)(H2,26,28). The SMILES string of the molecule is NC(=O)C(Oc1cc2c3c(c1)nc(-c1cc(F)c4nc(N)sc4c1)n3CCCCO2)C1CC1. The highest BCUT2D eigenvalue weighted by molar-refractivity contribution is 7.22. The van der Waals surface area contributed by atoms with Crippen LogP contribution in [0, 0.1) is 11.7 Å². The van der Waals surface area contributed by atoms with Gasteiger partial charge in [-0.3, -0.25) is 4.79 Å². The van der Waals surface area contributed by atoms with E-state index < -0.39 is 17.8 Å². The number of thiazole rings is 1. The molecule has 0 spiro atoms. The first kappa shape index (κ1) is 20.2. The van der Waals surface area contributed by atoms with Crippen LogP contribution < -0.4 is 20.9 Å². The van der Waals surface area contributed by atoms with Gasteiger partial charge in [0, 0.05) is 30.2 Å². The Labute approximate surface area is 192 Å². The Bertz CT molecular complexity index is 1410. The summed E-state index contributed by atoms with van der Waals surface area (Å²) in [6.45, 7) is 1.29. The molecule has 0 radical (unpaired) electrons. The number of nitrogen functional groups attached to an aromatic ring is 1. The summed E-state index contributed by atoms with van der Waals surface area (Å²) in [4.78, 5) is 20.8. The summed E-state index contributed by atoms with van der Waals surface area (Å²) >= 11 is 1.24. The third kappa shape index (κ3) is 3.54. The van der Waals surface area contributed by atoms with E-state index in [9.17, 15) is 9.18 Å². The highest BCUT2D eigenvalue weighted by atomic mass is 32.1. The minimum Gasteiger partial charge on any atom is -0.491 e. The number of hydrogen-bond donors (Lipinski definition) is 2. The van der Waals surface area contributed by atoms with E-state index in [1.807, 2.05) is 6.07 Å². The van der Waals surface area contributed by atoms with Crippen molar-refractivity contribution in [1.82, 2.24) is 14.5 Å². The van der Waals surface area contributed by atoms with Crippen LogP contribution in [0.25, 0.3) is 32.6 Å². The Balaban J connectivity index is 1.51. The number of halogens is 1. The lowest BCUT2D eigenvalue weighted by atomic mass is 10.2. The predicted molar refractivity (Wildman–Crippen MR) is 124 cm³/mol. The lowest BCUT2D eigenvalue weighted by Crippen LogP contribution is -2.35. The van der Waals surface area contributed by atoms with Crippen molar-refractivity contribution in [2.45, 2.75) is 38.3 Å². The van der Waals surface area contributed by atoms with Crippen molar-refractivity contribution >= 4 is 43.6 Å². The van der Waals surface area contributed by atoms with E-state index >= 15 is 0 Å². The average molecular weight is 468 g/mol. The lowest BCUT2D eigenvalue weighted by Gasteiger charge is -2.19. The Morgan fingerprint density at radius 2 is 2.09 bits per heavy atom. The molecule has 0 bridgehead atoms. The van der Waals surface area contributed by atoms with Crippen molar-refractivity contribution in [3.05, 3.63) is 30.1 Å². The zero-order chi connectivity index (χ0) is 22.7. The number of primary amides is 1. The number of carbonyl (C=O) groups excluding carboxylic acids is 1. The number of aryl methyl sites for hydroxylation is 1. The quantitative estimate of drug-likeness (QED) is 0.460. The fourth-order valence-corrected chi connectivity index (χ4v) is 5.23. The number of aromatic nitrogens is 3. The van der Waals surface area contributed by atoms with Crippen molar-refractivity contribution in [1.29, 1.82) is 0 Å². The maximum atomic E-state index is 14.8. The molecular formula is C23H22FN5O3S. The van der Waals surface area contributed by atoms with E-state index in [1.165, 1.54) is 17.4 Å². The smallest absolute Gasteiger partial charge is 0.258 e. The number of fused-ring (bicyclic) bond motifs is 1. The number of nitrogens with two attached hydrogens (primary N) is 2. The molecule has 0 saturated heterocycles. The molecule has 8 nitrogen and oxygen atoms in total. The van der Waals surface area contributed by atoms with Gasteiger partial charge in [-0.25, -0.2) is 14.4 Å². The van der Waals surface area contributed by atoms with E-state index in [2.05, 4.69) is 9.55 Å². The summed E-state index contributed by atoms with van der Waals surface area (Å²) in [5, 5.41) is 0.320. The van der Waals surface area contributed by atoms with Crippen LogP contribution in [0.5, 0.6) is 11.5 Å². The average Bonchev–Trinajstić information content (AvgIpc) is 3.42. The van der Waals surface area contributed by atoms with Gasteiger partial charge in [0.15, 0.2) is 17.1 Å². The third-order valence-corrected chi connectivity index (χ3v) is 6.96. The van der Waals surface area contributed by atoms with Crippen molar-refractivity contribution in [3.63, 3.8) is 0 Å². The van der Waals surface area contributed by atoms with Crippen LogP contribution in [0.15, 0.2) is 24.3 Å². The van der Waals surface area contributed by atoms with Crippen molar-refractivity contribution in [2.24, 2.45) is 11.7 Å². The van der Waals surface area contributed by atoms with Gasteiger partial charge in [0.2, 0.25) is 0 Å². The maximum absolute atomic E-state index is 14.8. The van der Waals surface area contributed by atoms with Gasteiger partial charge in [0.1, 0.15) is 28.4 Å². The molecule has 2 aromatic heterocycles. The molecule has 170 valence electrons. The molecule has 2 aliphatic rings. The monoisotopic (exact) mass is 467 g/mol. The van der Waals surface area contributed by atoms with Crippen LogP contribution in [0.2, 0.25) is 0 Å². The molecule has 2 aromatic carbocycles. The minimum atomic E-state index is -0.668. The Morgan fingerprint density at radius 1 is 1.24 bits per heavy atom. The predicted octanol–water partition coefficient (Wildman–Crippen LogP) is 3.85. The van der Waals surface area contributed by atoms with Crippen molar-refractivity contribution in [3.8, 4) is 22.9 Å². The molecule has 33 heavy (non-hydrogen) atoms. The molecule has 4 aromatic rings. The number of hydrogen-bond acceptors (Lipinski definition) is 7. The summed E-state index contributed by atoms with van der Waals surface area (Å²) in [6.07, 6.45) is 2.95. The van der Waals surface area contributed by atoms with Gasteiger partial charge in [-0.1, -0.05) is 11.3 Å². The van der Waals surface area contributed by atoms with Crippen LogP contribution in [-0.4, -0.2) is 33.2 Å². The van der Waals surface area contributed by atoms with Gasteiger partial charge < -0.3 is 25.5 Å². The van der Waals surface area contributed by atoms with E-state index in [-0.39, 0.29) is 11.4 Å². The second-order valence-electron chi connectivity index (χ2n) is 8.57. The number of nitrogens with zero attached hydrogens (tertiary/aromatic N) is 3. The van der Waals surface area contributed by atoms with Crippen LogP contribution in [0.4, 0.5) is 9.52 Å². The minimum absolute atomic E-state index is 0.149. The number of anilines is 1. The van der Waals surface area contributed by atoms with E-state index in [4.69, 9.17) is 25.9 Å². The molecule has 1 atom stereocenters. The number of ether oxygens (including phenoxy) is 2. The first-order valence-corrected chi connectivity index (χ1v) is 11.8. The first-order chi connectivity index (χ1) is 16.0. The molecule has 1 aliphatic heterocycles. The van der Waals surface area contributed by atoms with Gasteiger partial charge in [-0.15, -0.1) is 0 Å². The van der Waals surface area contributed by atoms with Gasteiger partial charge >= 0.3 is 0 Å². The van der Waals surface area contributed by atoms with Gasteiger partial charge in [-0.2, -0.15) is 0 Å². The van der Waals surface area contributed by atoms with E-state index in [0.717, 1.165) is 37.7 Å². The molecule has 1 aliphatic carbocycles. The topological polar surface area (TPSA) is 118 Å². The fourth-order valence-electron chi connectivity index (χ4n) is 4.44. The third-order valence-electron chi connectivity index (χ3n) is 6.13. The van der Waals surface area contributed by atoms with Crippen molar-refractivity contribution in [2.75, 3.05) is 12.3 Å². The molecule has 6 rings (SSSR count). The van der Waals surface area contributed by atoms with Gasteiger partial charge in [-0.05, 0) is 37.8 Å². The highest BCUT2D eigenvalue weighted by Gasteiger charge is 2.37. The number of amides is 1. The van der Waals surface area contributed by atoms with Crippen LogP contribution in [-0.2, 0) is 11.3 Å². The summed E-state index contributed by atoms with van der Waals surface area (Å²) in [6, 6.07) is 6.90. The maximum Gasteiger partial charge on any atom is 0.258 e. The number of rotatable bonds is 5. The summed E-state index contributed by atoms with van der Waals surface area (Å²) < 4.78 is 29.6. The molecule has 1 fully saturated rings. The second-order valence-corrected chi connectivity index (χ2v) is 9.63. The Morgan fingerprint density at radius 3 is 2.88 bits per heavy atom. The van der Waals surface area contributed by atoms with Gasteiger partial charge in [0.05, 0.1) is 16.8 Å². The molecule has 10 heteroatoms. The van der Waals surface area contributed by atoms with Crippen LogP contribution in [0.3, 0.4) is 0 Å². The molecular weight excluding hydrogens is 445 g/mol. The Hall–Kier alpha value is -3.40. The molecule has 1 amide bonds. The largest absolute Gasteiger partial charge is 0.491 e. The molecule has 1 unspecified atom stereocenters. The van der Waals surface area contributed by atoms with E-state index in [1.54, 1.807) is 12.1 Å². The summed E-state index contributed by atoms with van der Waals surface area (Å²) in [5.74, 6) is 0.993. The van der Waals surface area contributed by atoms with E-state index in [0.29, 0.717) is 44.8 Å². The van der Waals surface area contributed by atoms with Crippen LogP contribution in [0.1, 0.15) is 25.7 Å². The Kier molecular flexibility index (Phi) is 4.65. The van der Waals surface area contributed by atoms with Crippen molar-refractivity contribution < 1.29 is 18.7 Å². The zero-order valence-electron chi connectivity index (χ0n) is 17.7. The fraction of sp³-hybridized carbons (Fsp3) is 0.348. The van der Waals surface area contributed by atoms with Gasteiger partial charge in [0.25, 0.3) is 5.91 Å². The summed E-state index contributed by atoms with van der Waals surface area (Å²) in [7, 11) is 0. The molecule has 3 heterocycles. The molecule has 4 N–H and O–H groups in total. The number of benzene rings is 2. The normalized spacial score (nSPS) is 16.9. The number of imidazole rings is 1. The molecule has 1 saturated carbocycles. The number of carbonyl (C=O) groups is 1. The second kappa shape index (κ2) is 7.58. The zero-order valence-corrected chi connectivity index (χ0v) is 18.5. The summed E-state index contributed by atoms with van der Waals surface area (Å²) in [5.41, 5.74) is 13.7.